The van der Waals surface area contributed by atoms with E-state index in [1.54, 1.807) is 6.92 Å². The van der Waals surface area contributed by atoms with E-state index in [9.17, 15) is 22.8 Å². The normalized spacial score (nSPS) is 22.3. The number of hydrogen-bond donors (Lipinski definition) is 3. The van der Waals surface area contributed by atoms with Crippen LogP contribution in [0.2, 0.25) is 0 Å². The van der Waals surface area contributed by atoms with E-state index in [0.717, 1.165) is 0 Å². The molecule has 1 rings (SSSR count). The zero-order valence-corrected chi connectivity index (χ0v) is 12.3. The third-order valence-corrected chi connectivity index (χ3v) is 4.97. The number of carbonyl (C=O) groups is 3. The number of hydrogen-bond acceptors (Lipinski definition) is 5. The zero-order valence-electron chi connectivity index (χ0n) is 11.5. The van der Waals surface area contributed by atoms with Crippen LogP contribution in [-0.2, 0) is 19.4 Å². The van der Waals surface area contributed by atoms with Crippen molar-refractivity contribution in [2.45, 2.75) is 31.8 Å². The predicted octanol–water partition coefficient (Wildman–Crippen LogP) is -0.867. The molecule has 0 aromatic carbocycles. The minimum absolute atomic E-state index is 0.0133. The number of nitrogens with one attached hydrogen (secondary N) is 1. The Balaban J connectivity index is 2.65. The van der Waals surface area contributed by atoms with E-state index < -0.39 is 39.9 Å². The molecule has 1 saturated heterocycles. The second-order valence-corrected chi connectivity index (χ2v) is 7.16. The molecule has 1 heterocycles. The second kappa shape index (κ2) is 6.74. The van der Waals surface area contributed by atoms with Crippen LogP contribution in [0.25, 0.3) is 0 Å². The summed E-state index contributed by atoms with van der Waals surface area (Å²) < 4.78 is 22.8. The van der Waals surface area contributed by atoms with Crippen LogP contribution < -0.4 is 5.32 Å². The number of carboxylic acids is 2. The standard InChI is InChI=1S/C11H18N2O7S/c1-7-6-21(19,20)5-4-13(7)11(18)12-8(10(16)17)2-3-9(14)15/h7-8H,2-6H2,1H3,(H,12,18)(H,14,15)(H,16,17). The highest BCUT2D eigenvalue weighted by molar-refractivity contribution is 7.91. The Hall–Kier alpha value is -1.84. The SMILES string of the molecule is CC1CS(=O)(=O)CCN1C(=O)NC(CCC(=O)O)C(=O)O. The molecule has 1 fully saturated rings. The highest BCUT2D eigenvalue weighted by Crippen LogP contribution is 2.12. The molecule has 21 heavy (non-hydrogen) atoms. The number of nitrogens with zero attached hydrogens (tertiary/aromatic N) is 1. The van der Waals surface area contributed by atoms with Gasteiger partial charge < -0.3 is 20.4 Å². The average Bonchev–Trinajstić information content (AvgIpc) is 2.32. The van der Waals surface area contributed by atoms with Gasteiger partial charge in [-0.05, 0) is 13.3 Å². The molecule has 3 N–H and O–H groups in total. The van der Waals surface area contributed by atoms with Crippen molar-refractivity contribution in [2.75, 3.05) is 18.1 Å². The molecule has 2 unspecified atom stereocenters. The number of rotatable bonds is 5. The smallest absolute Gasteiger partial charge is 0.326 e. The van der Waals surface area contributed by atoms with Crippen molar-refractivity contribution in [3.63, 3.8) is 0 Å². The second-order valence-electron chi connectivity index (χ2n) is 4.93. The van der Waals surface area contributed by atoms with E-state index >= 15 is 0 Å². The lowest BCUT2D eigenvalue weighted by Gasteiger charge is -2.33. The Morgan fingerprint density at radius 1 is 1.33 bits per heavy atom. The minimum atomic E-state index is -3.18. The van der Waals surface area contributed by atoms with E-state index in [4.69, 9.17) is 10.2 Å². The maximum Gasteiger partial charge on any atom is 0.326 e. The van der Waals surface area contributed by atoms with E-state index in [1.807, 2.05) is 0 Å². The van der Waals surface area contributed by atoms with Crippen LogP contribution in [-0.4, -0.2) is 71.6 Å². The van der Waals surface area contributed by atoms with E-state index in [-0.39, 0.29) is 30.9 Å². The van der Waals surface area contributed by atoms with Crippen molar-refractivity contribution in [3.8, 4) is 0 Å². The van der Waals surface area contributed by atoms with Gasteiger partial charge in [-0.2, -0.15) is 0 Å². The summed E-state index contributed by atoms with van der Waals surface area (Å²) in [4.78, 5) is 34.7. The first-order chi connectivity index (χ1) is 9.62. The molecule has 2 amide bonds. The van der Waals surface area contributed by atoms with Gasteiger partial charge in [-0.1, -0.05) is 0 Å². The van der Waals surface area contributed by atoms with Crippen LogP contribution in [0.3, 0.4) is 0 Å². The quantitative estimate of drug-likeness (QED) is 0.597. The fourth-order valence-electron chi connectivity index (χ4n) is 2.06. The molecule has 0 saturated carbocycles. The molecule has 10 heteroatoms. The molecule has 120 valence electrons. The zero-order chi connectivity index (χ0) is 16.2. The van der Waals surface area contributed by atoms with Crippen molar-refractivity contribution in [3.05, 3.63) is 0 Å². The third-order valence-electron chi connectivity index (χ3n) is 3.17. The lowest BCUT2D eigenvalue weighted by atomic mass is 10.1. The molecule has 9 nitrogen and oxygen atoms in total. The van der Waals surface area contributed by atoms with E-state index in [2.05, 4.69) is 5.32 Å². The number of amides is 2. The fraction of sp³-hybridized carbons (Fsp3) is 0.727. The van der Waals surface area contributed by atoms with Crippen molar-refractivity contribution in [1.82, 2.24) is 10.2 Å². The first-order valence-electron chi connectivity index (χ1n) is 6.34. The number of carboxylic acid groups (broad SMARTS) is 2. The van der Waals surface area contributed by atoms with Gasteiger partial charge in [-0.15, -0.1) is 0 Å². The third kappa shape index (κ3) is 5.21. The monoisotopic (exact) mass is 322 g/mol. The van der Waals surface area contributed by atoms with Crippen LogP contribution in [0.5, 0.6) is 0 Å². The lowest BCUT2D eigenvalue weighted by molar-refractivity contribution is -0.140. The Bertz CT molecular complexity index is 531. The summed E-state index contributed by atoms with van der Waals surface area (Å²) in [5, 5.41) is 19.7. The van der Waals surface area contributed by atoms with Crippen molar-refractivity contribution in [1.29, 1.82) is 0 Å². The van der Waals surface area contributed by atoms with Gasteiger partial charge in [0.05, 0.1) is 11.5 Å². The molecule has 0 bridgehead atoms. The van der Waals surface area contributed by atoms with Gasteiger partial charge in [0.2, 0.25) is 0 Å². The summed E-state index contributed by atoms with van der Waals surface area (Å²) in [6, 6.07) is -2.58. The average molecular weight is 322 g/mol. The minimum Gasteiger partial charge on any atom is -0.481 e. The van der Waals surface area contributed by atoms with Crippen molar-refractivity contribution >= 4 is 27.8 Å². The maximum atomic E-state index is 12.0. The largest absolute Gasteiger partial charge is 0.481 e. The van der Waals surface area contributed by atoms with Gasteiger partial charge in [0, 0.05) is 19.0 Å². The molecule has 1 aliphatic rings. The van der Waals surface area contributed by atoms with Crippen LogP contribution in [0.1, 0.15) is 19.8 Å². The molecule has 0 aromatic rings. The summed E-state index contributed by atoms with van der Waals surface area (Å²) in [6.07, 6.45) is -0.627. The van der Waals surface area contributed by atoms with Gasteiger partial charge in [0.25, 0.3) is 0 Å². The molecular weight excluding hydrogens is 304 g/mol. The molecule has 2 atom stereocenters. The highest BCUT2D eigenvalue weighted by atomic mass is 32.2. The maximum absolute atomic E-state index is 12.0. The summed E-state index contributed by atoms with van der Waals surface area (Å²) in [5.41, 5.74) is 0. The molecule has 0 aromatic heterocycles. The van der Waals surface area contributed by atoms with Crippen LogP contribution in [0.4, 0.5) is 4.79 Å². The van der Waals surface area contributed by atoms with Gasteiger partial charge in [0.15, 0.2) is 9.84 Å². The van der Waals surface area contributed by atoms with Crippen molar-refractivity contribution < 1.29 is 33.0 Å². The van der Waals surface area contributed by atoms with Crippen molar-refractivity contribution in [2.24, 2.45) is 0 Å². The summed E-state index contributed by atoms with van der Waals surface area (Å²) >= 11 is 0. The fourth-order valence-corrected chi connectivity index (χ4v) is 3.61. The molecule has 0 radical (unpaired) electrons. The lowest BCUT2D eigenvalue weighted by Crippen LogP contribution is -2.56. The van der Waals surface area contributed by atoms with Gasteiger partial charge in [0.1, 0.15) is 6.04 Å². The number of aliphatic carboxylic acids is 2. The Kier molecular flexibility index (Phi) is 5.53. The molecule has 0 spiro atoms. The van der Waals surface area contributed by atoms with Crippen LogP contribution in [0, 0.1) is 0 Å². The molecular formula is C11H18N2O7S. The number of sulfone groups is 1. The molecule has 0 aliphatic carbocycles. The highest BCUT2D eigenvalue weighted by Gasteiger charge is 2.33. The Morgan fingerprint density at radius 2 is 1.95 bits per heavy atom. The molecule has 1 aliphatic heterocycles. The Labute approximate surface area is 121 Å². The topological polar surface area (TPSA) is 141 Å². The van der Waals surface area contributed by atoms with Gasteiger partial charge in [-0.25, -0.2) is 18.0 Å². The Morgan fingerprint density at radius 3 is 2.43 bits per heavy atom. The van der Waals surface area contributed by atoms with E-state index in [0.29, 0.717) is 0 Å². The van der Waals surface area contributed by atoms with Crippen LogP contribution in [0.15, 0.2) is 0 Å². The first kappa shape index (κ1) is 17.2. The number of urea groups is 1. The summed E-state index contributed by atoms with van der Waals surface area (Å²) in [6.45, 7) is 1.55. The summed E-state index contributed by atoms with van der Waals surface area (Å²) in [7, 11) is -3.18. The predicted molar refractivity (Wildman–Crippen MR) is 71.6 cm³/mol. The number of carbonyl (C=O) groups excluding carboxylic acids is 1. The van der Waals surface area contributed by atoms with E-state index in [1.165, 1.54) is 4.90 Å². The van der Waals surface area contributed by atoms with Crippen LogP contribution >= 0.6 is 0 Å². The van der Waals surface area contributed by atoms with Gasteiger partial charge >= 0.3 is 18.0 Å². The van der Waals surface area contributed by atoms with Gasteiger partial charge in [-0.3, -0.25) is 4.79 Å². The first-order valence-corrected chi connectivity index (χ1v) is 8.16. The summed E-state index contributed by atoms with van der Waals surface area (Å²) in [5.74, 6) is -2.83.